The number of benzene rings is 1. The second kappa shape index (κ2) is 10.7. The summed E-state index contributed by atoms with van der Waals surface area (Å²) in [6, 6.07) is 6.34. The minimum Gasteiger partial charge on any atom is -0.488 e. The highest BCUT2D eigenvalue weighted by Crippen LogP contribution is 2.25. The number of ketones is 1. The Morgan fingerprint density at radius 1 is 1.12 bits per heavy atom. The van der Waals surface area contributed by atoms with Crippen LogP contribution in [0, 0.1) is 17.8 Å². The van der Waals surface area contributed by atoms with E-state index in [0.717, 1.165) is 37.8 Å². The monoisotopic (exact) mass is 504 g/mol. The highest BCUT2D eigenvalue weighted by molar-refractivity contribution is 7.94. The first-order valence-corrected chi connectivity index (χ1v) is 14.2. The Kier molecular flexibility index (Phi) is 8.13. The SMILES string of the molecule is CC(C)Oc1cc(C(=O)CS(=O)(=O)c2ccccc2S(N)(=O)=O)cnc1C#CC1CCCCC1. The molecule has 0 bridgehead atoms. The second-order valence-electron chi connectivity index (χ2n) is 8.52. The molecule has 2 N–H and O–H groups in total. The summed E-state index contributed by atoms with van der Waals surface area (Å²) in [6.45, 7) is 3.64. The first-order chi connectivity index (χ1) is 16.0. The molecule has 2 aromatic rings. The number of sulfonamides is 1. The lowest BCUT2D eigenvalue weighted by Gasteiger charge is -2.16. The van der Waals surface area contributed by atoms with Gasteiger partial charge in [0.05, 0.1) is 11.0 Å². The van der Waals surface area contributed by atoms with Crippen molar-refractivity contribution in [2.24, 2.45) is 11.1 Å². The number of nitrogens with two attached hydrogens (primary N) is 1. The number of rotatable bonds is 7. The van der Waals surface area contributed by atoms with Crippen molar-refractivity contribution >= 4 is 25.6 Å². The van der Waals surface area contributed by atoms with Crippen LogP contribution in [-0.2, 0) is 19.9 Å². The summed E-state index contributed by atoms with van der Waals surface area (Å²) in [5, 5.41) is 5.14. The maximum Gasteiger partial charge on any atom is 0.239 e. The van der Waals surface area contributed by atoms with Crippen molar-refractivity contribution in [1.82, 2.24) is 4.98 Å². The zero-order chi connectivity index (χ0) is 24.9. The highest BCUT2D eigenvalue weighted by atomic mass is 32.2. The van der Waals surface area contributed by atoms with Crippen molar-refractivity contribution in [3.63, 3.8) is 0 Å². The van der Waals surface area contributed by atoms with Gasteiger partial charge in [-0.25, -0.2) is 27.0 Å². The molecule has 10 heteroatoms. The molecule has 1 saturated carbocycles. The van der Waals surface area contributed by atoms with E-state index in [9.17, 15) is 21.6 Å². The molecule has 0 unspecified atom stereocenters. The highest BCUT2D eigenvalue weighted by Gasteiger charge is 2.27. The molecule has 0 amide bonds. The third-order valence-corrected chi connectivity index (χ3v) is 8.12. The van der Waals surface area contributed by atoms with Crippen LogP contribution in [-0.4, -0.2) is 39.5 Å². The molecule has 8 nitrogen and oxygen atoms in total. The first kappa shape index (κ1) is 25.9. The van der Waals surface area contributed by atoms with Crippen molar-refractivity contribution in [3.8, 4) is 17.6 Å². The number of sulfone groups is 1. The predicted molar refractivity (Wildman–Crippen MR) is 128 cm³/mol. The molecule has 0 saturated heterocycles. The Morgan fingerprint density at radius 3 is 2.38 bits per heavy atom. The quantitative estimate of drug-likeness (QED) is 0.452. The van der Waals surface area contributed by atoms with Gasteiger partial charge in [0.1, 0.15) is 10.6 Å². The van der Waals surface area contributed by atoms with Crippen LogP contribution in [0.2, 0.25) is 0 Å². The smallest absolute Gasteiger partial charge is 0.239 e. The lowest BCUT2D eigenvalue weighted by molar-refractivity contribution is 0.101. The maximum atomic E-state index is 12.9. The van der Waals surface area contributed by atoms with E-state index < -0.39 is 41.2 Å². The molecule has 3 rings (SSSR count). The van der Waals surface area contributed by atoms with Gasteiger partial charge in [0.25, 0.3) is 0 Å². The fourth-order valence-corrected chi connectivity index (χ4v) is 6.40. The summed E-state index contributed by atoms with van der Waals surface area (Å²) in [4.78, 5) is 16.0. The van der Waals surface area contributed by atoms with E-state index in [1.807, 2.05) is 13.8 Å². The molecule has 0 spiro atoms. The first-order valence-electron chi connectivity index (χ1n) is 11.0. The molecule has 1 fully saturated rings. The summed E-state index contributed by atoms with van der Waals surface area (Å²) in [5.74, 6) is 5.19. The normalized spacial score (nSPS) is 14.9. The molecule has 0 aliphatic heterocycles. The second-order valence-corrected chi connectivity index (χ2v) is 12.0. The predicted octanol–water partition coefficient (Wildman–Crippen LogP) is 3.10. The zero-order valence-electron chi connectivity index (χ0n) is 19.2. The Balaban J connectivity index is 1.90. The van der Waals surface area contributed by atoms with Crippen molar-refractivity contribution in [2.45, 2.75) is 61.8 Å². The van der Waals surface area contributed by atoms with Crippen LogP contribution < -0.4 is 9.88 Å². The average molecular weight is 505 g/mol. The fourth-order valence-electron chi connectivity index (χ4n) is 3.73. The Hall–Kier alpha value is -2.74. The summed E-state index contributed by atoms with van der Waals surface area (Å²) in [5.41, 5.74) is 0.411. The molecule has 1 aliphatic rings. The number of hydrogen-bond acceptors (Lipinski definition) is 7. The standard InChI is InChI=1S/C24H28N2O6S2/c1-17(2)32-22-14-19(15-26-20(22)13-12-18-8-4-3-5-9-18)21(27)16-33(28,29)23-10-6-7-11-24(23)34(25,30)31/h6-7,10-11,14-15,17-18H,3-5,8-9,16H2,1-2H3,(H2,25,30,31). The van der Waals surface area contributed by atoms with Gasteiger partial charge in [0.15, 0.2) is 27.1 Å². The Labute approximate surface area is 200 Å². The molecule has 0 atom stereocenters. The largest absolute Gasteiger partial charge is 0.488 e. The lowest BCUT2D eigenvalue weighted by atomic mass is 9.90. The molecule has 1 heterocycles. The van der Waals surface area contributed by atoms with Gasteiger partial charge < -0.3 is 4.74 Å². The average Bonchev–Trinajstić information content (AvgIpc) is 2.77. The molecular weight excluding hydrogens is 476 g/mol. The van der Waals surface area contributed by atoms with Crippen LogP contribution in [0.3, 0.4) is 0 Å². The molecule has 1 aromatic carbocycles. The van der Waals surface area contributed by atoms with Crippen molar-refractivity contribution in [2.75, 3.05) is 5.75 Å². The van der Waals surface area contributed by atoms with Gasteiger partial charge in [-0.1, -0.05) is 37.3 Å². The van der Waals surface area contributed by atoms with Crippen LogP contribution in [0.25, 0.3) is 0 Å². The van der Waals surface area contributed by atoms with Crippen LogP contribution in [0.5, 0.6) is 5.75 Å². The van der Waals surface area contributed by atoms with Crippen molar-refractivity contribution in [1.29, 1.82) is 0 Å². The fraction of sp³-hybridized carbons (Fsp3) is 0.417. The Morgan fingerprint density at radius 2 is 1.76 bits per heavy atom. The lowest BCUT2D eigenvalue weighted by Crippen LogP contribution is -2.21. The number of aromatic nitrogens is 1. The van der Waals surface area contributed by atoms with E-state index in [4.69, 9.17) is 9.88 Å². The van der Waals surface area contributed by atoms with Gasteiger partial charge in [-0.3, -0.25) is 4.79 Å². The summed E-state index contributed by atoms with van der Waals surface area (Å²) >= 11 is 0. The van der Waals surface area contributed by atoms with Crippen LogP contribution >= 0.6 is 0 Å². The van der Waals surface area contributed by atoms with E-state index >= 15 is 0 Å². The number of hydrogen-bond donors (Lipinski definition) is 1. The third-order valence-electron chi connectivity index (χ3n) is 5.35. The number of primary sulfonamides is 1. The van der Waals surface area contributed by atoms with E-state index in [1.165, 1.54) is 30.8 Å². The molecule has 1 aromatic heterocycles. The number of pyridine rings is 1. The van der Waals surface area contributed by atoms with Gasteiger partial charge in [0.2, 0.25) is 10.0 Å². The number of ether oxygens (including phenoxy) is 1. The number of carbonyl (C=O) groups is 1. The van der Waals surface area contributed by atoms with Crippen LogP contribution in [0.1, 0.15) is 62.0 Å². The number of nitrogens with zero attached hydrogens (tertiary/aromatic N) is 1. The van der Waals surface area contributed by atoms with Gasteiger partial charge >= 0.3 is 0 Å². The van der Waals surface area contributed by atoms with Gasteiger partial charge in [-0.05, 0) is 50.8 Å². The van der Waals surface area contributed by atoms with Crippen LogP contribution in [0.4, 0.5) is 0 Å². The summed E-state index contributed by atoms with van der Waals surface area (Å²) in [7, 11) is -8.59. The number of carbonyl (C=O) groups excluding carboxylic acids is 1. The maximum absolute atomic E-state index is 12.9. The van der Waals surface area contributed by atoms with E-state index in [0.29, 0.717) is 17.4 Å². The summed E-state index contributed by atoms with van der Waals surface area (Å²) in [6.07, 6.45) is 6.66. The minimum absolute atomic E-state index is 0.0236. The Bertz CT molecular complexity index is 1330. The van der Waals surface area contributed by atoms with Gasteiger partial charge in [-0.15, -0.1) is 0 Å². The topological polar surface area (TPSA) is 133 Å². The molecule has 1 aliphatic carbocycles. The minimum atomic E-state index is -4.30. The third kappa shape index (κ3) is 6.65. The van der Waals surface area contributed by atoms with Crippen LogP contribution in [0.15, 0.2) is 46.3 Å². The van der Waals surface area contributed by atoms with Crippen molar-refractivity contribution < 1.29 is 26.4 Å². The summed E-state index contributed by atoms with van der Waals surface area (Å²) < 4.78 is 55.2. The van der Waals surface area contributed by atoms with Gasteiger partial charge in [-0.2, -0.15) is 0 Å². The zero-order valence-corrected chi connectivity index (χ0v) is 20.8. The van der Waals surface area contributed by atoms with E-state index in [-0.39, 0.29) is 11.7 Å². The van der Waals surface area contributed by atoms with Gasteiger partial charge in [0, 0.05) is 17.7 Å². The molecular formula is C24H28N2O6S2. The molecule has 0 radical (unpaired) electrons. The number of Topliss-reactive ketones (excluding diaryl/α,β-unsaturated/α-hetero) is 1. The molecule has 182 valence electrons. The van der Waals surface area contributed by atoms with E-state index in [2.05, 4.69) is 16.8 Å². The van der Waals surface area contributed by atoms with Crippen molar-refractivity contribution in [3.05, 3.63) is 47.8 Å². The van der Waals surface area contributed by atoms with E-state index in [1.54, 1.807) is 0 Å². The molecule has 34 heavy (non-hydrogen) atoms.